The molecule has 1 aromatic heterocycles. The van der Waals surface area contributed by atoms with Gasteiger partial charge in [0.25, 0.3) is 5.91 Å². The monoisotopic (exact) mass is 383 g/mol. The molecule has 1 N–H and O–H groups in total. The minimum Gasteiger partial charge on any atom is -0.497 e. The molecule has 28 heavy (non-hydrogen) atoms. The largest absolute Gasteiger partial charge is 0.497 e. The zero-order valence-electron chi connectivity index (χ0n) is 16.4. The number of methoxy groups -OCH3 is 1. The number of nitrogens with zero attached hydrogens (tertiary/aromatic N) is 4. The van der Waals surface area contributed by atoms with Gasteiger partial charge in [-0.05, 0) is 30.7 Å². The number of aromatic nitrogens is 2. The van der Waals surface area contributed by atoms with Crippen LogP contribution in [0.4, 0.5) is 5.95 Å². The van der Waals surface area contributed by atoms with E-state index in [9.17, 15) is 9.59 Å². The Bertz CT molecular complexity index is 845. The quantitative estimate of drug-likeness (QED) is 0.840. The molecule has 0 spiro atoms. The molecule has 0 aliphatic carbocycles. The number of amides is 2. The zero-order valence-corrected chi connectivity index (χ0v) is 16.4. The molecule has 0 unspecified atom stereocenters. The second kappa shape index (κ2) is 8.69. The molecule has 0 bridgehead atoms. The van der Waals surface area contributed by atoms with E-state index in [0.29, 0.717) is 44.4 Å². The maximum atomic E-state index is 12.6. The fraction of sp³-hybridized carbons (Fsp3) is 0.400. The van der Waals surface area contributed by atoms with Crippen LogP contribution >= 0.6 is 0 Å². The van der Waals surface area contributed by atoms with Crippen molar-refractivity contribution in [1.82, 2.24) is 20.2 Å². The molecular weight excluding hydrogens is 358 g/mol. The Kier molecular flexibility index (Phi) is 6.08. The summed E-state index contributed by atoms with van der Waals surface area (Å²) in [5, 5.41) is 2.89. The van der Waals surface area contributed by atoms with E-state index >= 15 is 0 Å². The summed E-state index contributed by atoms with van der Waals surface area (Å²) in [6.45, 7) is 6.38. The van der Waals surface area contributed by atoms with E-state index in [1.807, 2.05) is 36.1 Å². The maximum Gasteiger partial charge on any atom is 0.270 e. The minimum absolute atomic E-state index is 0.0726. The normalized spacial score (nSPS) is 14.0. The third-order valence-corrected chi connectivity index (χ3v) is 4.70. The van der Waals surface area contributed by atoms with Crippen LogP contribution in [0, 0.1) is 6.92 Å². The lowest BCUT2D eigenvalue weighted by Gasteiger charge is -2.34. The van der Waals surface area contributed by atoms with Crippen LogP contribution in [0.2, 0.25) is 0 Å². The van der Waals surface area contributed by atoms with Gasteiger partial charge in [-0.25, -0.2) is 9.97 Å². The first-order valence-corrected chi connectivity index (χ1v) is 9.23. The lowest BCUT2D eigenvalue weighted by Crippen LogP contribution is -2.48. The summed E-state index contributed by atoms with van der Waals surface area (Å²) in [5.41, 5.74) is 2.04. The minimum atomic E-state index is -0.245. The van der Waals surface area contributed by atoms with Crippen molar-refractivity contribution < 1.29 is 14.3 Å². The second-order valence-corrected chi connectivity index (χ2v) is 6.72. The summed E-state index contributed by atoms with van der Waals surface area (Å²) >= 11 is 0. The van der Waals surface area contributed by atoms with Crippen LogP contribution in [-0.2, 0) is 11.3 Å². The van der Waals surface area contributed by atoms with Gasteiger partial charge in [0.05, 0.1) is 7.11 Å². The van der Waals surface area contributed by atoms with Crippen LogP contribution in [-0.4, -0.2) is 60.0 Å². The molecule has 2 heterocycles. The highest BCUT2D eigenvalue weighted by Gasteiger charge is 2.21. The summed E-state index contributed by atoms with van der Waals surface area (Å²) in [7, 11) is 1.62. The van der Waals surface area contributed by atoms with Gasteiger partial charge in [-0.3, -0.25) is 9.59 Å². The molecule has 3 rings (SSSR count). The van der Waals surface area contributed by atoms with E-state index in [1.165, 1.54) is 0 Å². The number of benzene rings is 1. The zero-order chi connectivity index (χ0) is 20.1. The van der Waals surface area contributed by atoms with E-state index in [1.54, 1.807) is 25.0 Å². The van der Waals surface area contributed by atoms with Gasteiger partial charge in [-0.1, -0.05) is 12.1 Å². The van der Waals surface area contributed by atoms with E-state index < -0.39 is 0 Å². The first-order chi connectivity index (χ1) is 13.5. The summed E-state index contributed by atoms with van der Waals surface area (Å²) < 4.78 is 5.14. The first kappa shape index (κ1) is 19.6. The van der Waals surface area contributed by atoms with Gasteiger partial charge < -0.3 is 19.9 Å². The van der Waals surface area contributed by atoms with E-state index in [-0.39, 0.29) is 11.8 Å². The first-order valence-electron chi connectivity index (χ1n) is 9.23. The number of nitrogens with one attached hydrogen (secondary N) is 1. The Labute approximate surface area is 164 Å². The van der Waals surface area contributed by atoms with E-state index in [0.717, 1.165) is 17.0 Å². The van der Waals surface area contributed by atoms with Gasteiger partial charge in [0, 0.05) is 45.3 Å². The number of anilines is 1. The number of piperazine rings is 1. The molecule has 1 aromatic carbocycles. The van der Waals surface area contributed by atoms with E-state index in [4.69, 9.17) is 4.74 Å². The van der Waals surface area contributed by atoms with Crippen LogP contribution in [0.1, 0.15) is 28.7 Å². The lowest BCUT2D eigenvalue weighted by atomic mass is 10.2. The third kappa shape index (κ3) is 4.76. The number of ether oxygens (including phenoxy) is 1. The molecule has 1 aliphatic rings. The van der Waals surface area contributed by atoms with Crippen LogP contribution < -0.4 is 15.0 Å². The number of hydrogen-bond donors (Lipinski definition) is 1. The van der Waals surface area contributed by atoms with Crippen LogP contribution in [0.25, 0.3) is 0 Å². The van der Waals surface area contributed by atoms with Crippen molar-refractivity contribution in [3.63, 3.8) is 0 Å². The Balaban J connectivity index is 1.65. The molecule has 2 amide bonds. The highest BCUT2D eigenvalue weighted by molar-refractivity contribution is 5.92. The average molecular weight is 383 g/mol. The van der Waals surface area contributed by atoms with Gasteiger partial charge in [0.1, 0.15) is 11.4 Å². The number of rotatable bonds is 5. The van der Waals surface area contributed by atoms with Gasteiger partial charge in [0.15, 0.2) is 0 Å². The molecule has 1 aliphatic heterocycles. The lowest BCUT2D eigenvalue weighted by molar-refractivity contribution is -0.129. The topological polar surface area (TPSA) is 87.7 Å². The molecule has 1 saturated heterocycles. The summed E-state index contributed by atoms with van der Waals surface area (Å²) in [4.78, 5) is 36.8. The van der Waals surface area contributed by atoms with Crippen molar-refractivity contribution >= 4 is 17.8 Å². The fourth-order valence-electron chi connectivity index (χ4n) is 3.05. The Morgan fingerprint density at radius 2 is 1.79 bits per heavy atom. The average Bonchev–Trinajstić information content (AvgIpc) is 2.72. The molecular formula is C20H25N5O3. The number of carbonyl (C=O) groups is 2. The summed E-state index contributed by atoms with van der Waals surface area (Å²) in [6, 6.07) is 9.21. The predicted octanol–water partition coefficient (Wildman–Crippen LogP) is 1.39. The highest BCUT2D eigenvalue weighted by atomic mass is 16.5. The van der Waals surface area contributed by atoms with Crippen molar-refractivity contribution in [3.05, 3.63) is 47.3 Å². The van der Waals surface area contributed by atoms with Crippen LogP contribution in [0.5, 0.6) is 5.75 Å². The Hall–Kier alpha value is -3.16. The summed E-state index contributed by atoms with van der Waals surface area (Å²) in [5.74, 6) is 1.13. The molecule has 148 valence electrons. The SMILES string of the molecule is COc1ccc(CNC(=O)c2cc(C)nc(N3CCN(C(C)=O)CC3)n2)cc1. The highest BCUT2D eigenvalue weighted by Crippen LogP contribution is 2.14. The smallest absolute Gasteiger partial charge is 0.270 e. The predicted molar refractivity (Wildman–Crippen MR) is 105 cm³/mol. The van der Waals surface area contributed by atoms with Gasteiger partial charge in [-0.2, -0.15) is 0 Å². The molecule has 0 radical (unpaired) electrons. The number of carbonyl (C=O) groups excluding carboxylic acids is 2. The Morgan fingerprint density at radius 1 is 1.11 bits per heavy atom. The molecule has 1 fully saturated rings. The fourth-order valence-corrected chi connectivity index (χ4v) is 3.05. The standard InChI is InChI=1S/C20H25N5O3/c1-14-12-18(19(27)21-13-16-4-6-17(28-3)7-5-16)23-20(22-14)25-10-8-24(9-11-25)15(2)26/h4-7,12H,8-11,13H2,1-3H3,(H,21,27). The van der Waals surface area contributed by atoms with E-state index in [2.05, 4.69) is 15.3 Å². The Morgan fingerprint density at radius 3 is 2.39 bits per heavy atom. The molecule has 0 saturated carbocycles. The molecule has 8 nitrogen and oxygen atoms in total. The third-order valence-electron chi connectivity index (χ3n) is 4.70. The van der Waals surface area contributed by atoms with Gasteiger partial charge in [-0.15, -0.1) is 0 Å². The molecule has 8 heteroatoms. The molecule has 2 aromatic rings. The van der Waals surface area contributed by atoms with Crippen LogP contribution in [0.3, 0.4) is 0 Å². The second-order valence-electron chi connectivity index (χ2n) is 6.72. The van der Waals surface area contributed by atoms with Crippen molar-refractivity contribution in [2.75, 3.05) is 38.2 Å². The van der Waals surface area contributed by atoms with Crippen molar-refractivity contribution in [2.45, 2.75) is 20.4 Å². The van der Waals surface area contributed by atoms with Crippen LogP contribution in [0.15, 0.2) is 30.3 Å². The number of aryl methyl sites for hydroxylation is 1. The summed E-state index contributed by atoms with van der Waals surface area (Å²) in [6.07, 6.45) is 0. The van der Waals surface area contributed by atoms with Crippen molar-refractivity contribution in [1.29, 1.82) is 0 Å². The van der Waals surface area contributed by atoms with Gasteiger partial charge in [0.2, 0.25) is 11.9 Å². The molecule has 0 atom stereocenters. The van der Waals surface area contributed by atoms with Crippen molar-refractivity contribution in [3.8, 4) is 5.75 Å². The number of hydrogen-bond acceptors (Lipinski definition) is 6. The maximum absolute atomic E-state index is 12.6. The van der Waals surface area contributed by atoms with Crippen molar-refractivity contribution in [2.24, 2.45) is 0 Å². The van der Waals surface area contributed by atoms with Gasteiger partial charge >= 0.3 is 0 Å².